The number of amides is 1. The highest BCUT2D eigenvalue weighted by atomic mass is 16.5. The van der Waals surface area contributed by atoms with Crippen molar-refractivity contribution in [2.45, 2.75) is 47.1 Å². The molecule has 1 unspecified atom stereocenters. The van der Waals surface area contributed by atoms with Crippen LogP contribution in [0.15, 0.2) is 12.1 Å². The van der Waals surface area contributed by atoms with Gasteiger partial charge in [0.2, 0.25) is 5.91 Å². The van der Waals surface area contributed by atoms with Crippen LogP contribution in [0.5, 0.6) is 11.5 Å². The Bertz CT molecular complexity index is 517. The molecule has 0 aliphatic carbocycles. The topological polar surface area (TPSA) is 47.6 Å². The van der Waals surface area contributed by atoms with E-state index in [4.69, 9.17) is 9.47 Å². The predicted molar refractivity (Wildman–Crippen MR) is 79.5 cm³/mol. The highest BCUT2D eigenvalue weighted by Crippen LogP contribution is 2.38. The van der Waals surface area contributed by atoms with E-state index in [-0.39, 0.29) is 12.0 Å². The van der Waals surface area contributed by atoms with Gasteiger partial charge in [-0.3, -0.25) is 4.79 Å². The van der Waals surface area contributed by atoms with E-state index < -0.39 is 5.41 Å². The fourth-order valence-corrected chi connectivity index (χ4v) is 2.12. The SMILES string of the molecule is CCOc1cc2c(cc1NC(=O)C(C)(C)C)OC(C)C2. The lowest BCUT2D eigenvalue weighted by Crippen LogP contribution is -2.27. The Morgan fingerprint density at radius 1 is 1.45 bits per heavy atom. The van der Waals surface area contributed by atoms with Gasteiger partial charge in [-0.25, -0.2) is 0 Å². The Morgan fingerprint density at radius 3 is 2.75 bits per heavy atom. The summed E-state index contributed by atoms with van der Waals surface area (Å²) in [5, 5.41) is 2.94. The molecular weight excluding hydrogens is 254 g/mol. The van der Waals surface area contributed by atoms with Gasteiger partial charge in [0.05, 0.1) is 12.3 Å². The predicted octanol–water partition coefficient (Wildman–Crippen LogP) is 3.39. The minimum absolute atomic E-state index is 0.0375. The van der Waals surface area contributed by atoms with E-state index in [0.29, 0.717) is 18.0 Å². The van der Waals surface area contributed by atoms with E-state index in [1.54, 1.807) is 0 Å². The van der Waals surface area contributed by atoms with Gasteiger partial charge in [-0.05, 0) is 19.9 Å². The fraction of sp³-hybridized carbons (Fsp3) is 0.562. The number of hydrogen-bond donors (Lipinski definition) is 1. The molecule has 1 aliphatic heterocycles. The van der Waals surface area contributed by atoms with Crippen molar-refractivity contribution in [1.82, 2.24) is 0 Å². The Balaban J connectivity index is 2.32. The summed E-state index contributed by atoms with van der Waals surface area (Å²) in [6, 6.07) is 3.84. The van der Waals surface area contributed by atoms with Crippen LogP contribution in [0.25, 0.3) is 0 Å². The second kappa shape index (κ2) is 5.35. The second-order valence-electron chi connectivity index (χ2n) is 6.23. The number of hydrogen-bond acceptors (Lipinski definition) is 3. The van der Waals surface area contributed by atoms with Crippen molar-refractivity contribution in [2.75, 3.05) is 11.9 Å². The van der Waals surface area contributed by atoms with Crippen molar-refractivity contribution >= 4 is 11.6 Å². The Morgan fingerprint density at radius 2 is 2.15 bits per heavy atom. The lowest BCUT2D eigenvalue weighted by atomic mass is 9.95. The summed E-state index contributed by atoms with van der Waals surface area (Å²) in [4.78, 5) is 12.1. The molecule has 2 rings (SSSR count). The largest absolute Gasteiger partial charge is 0.492 e. The number of ether oxygens (including phenoxy) is 2. The van der Waals surface area contributed by atoms with Crippen LogP contribution in [0.3, 0.4) is 0 Å². The quantitative estimate of drug-likeness (QED) is 0.921. The van der Waals surface area contributed by atoms with Crippen LogP contribution < -0.4 is 14.8 Å². The minimum atomic E-state index is -0.448. The van der Waals surface area contributed by atoms with E-state index in [2.05, 4.69) is 5.32 Å². The van der Waals surface area contributed by atoms with Crippen molar-refractivity contribution < 1.29 is 14.3 Å². The van der Waals surface area contributed by atoms with Gasteiger partial charge in [0, 0.05) is 23.5 Å². The maximum absolute atomic E-state index is 12.1. The molecule has 0 radical (unpaired) electrons. The van der Waals surface area contributed by atoms with Crippen molar-refractivity contribution in [3.8, 4) is 11.5 Å². The molecule has 1 N–H and O–H groups in total. The molecular formula is C16H23NO3. The molecule has 110 valence electrons. The number of benzene rings is 1. The van der Waals surface area contributed by atoms with Crippen LogP contribution >= 0.6 is 0 Å². The second-order valence-corrected chi connectivity index (χ2v) is 6.23. The molecule has 1 heterocycles. The monoisotopic (exact) mass is 277 g/mol. The number of nitrogens with one attached hydrogen (secondary N) is 1. The highest BCUT2D eigenvalue weighted by Gasteiger charge is 2.25. The van der Waals surface area contributed by atoms with E-state index >= 15 is 0 Å². The first-order chi connectivity index (χ1) is 9.31. The van der Waals surface area contributed by atoms with Crippen molar-refractivity contribution in [3.05, 3.63) is 17.7 Å². The van der Waals surface area contributed by atoms with Gasteiger partial charge in [0.15, 0.2) is 0 Å². The lowest BCUT2D eigenvalue weighted by molar-refractivity contribution is -0.123. The fourth-order valence-electron chi connectivity index (χ4n) is 2.12. The summed E-state index contributed by atoms with van der Waals surface area (Å²) in [7, 11) is 0. The van der Waals surface area contributed by atoms with E-state index in [1.165, 1.54) is 0 Å². The van der Waals surface area contributed by atoms with Crippen molar-refractivity contribution in [1.29, 1.82) is 0 Å². The molecule has 4 nitrogen and oxygen atoms in total. The molecule has 0 saturated carbocycles. The molecule has 0 aromatic heterocycles. The van der Waals surface area contributed by atoms with Gasteiger partial charge in [0.25, 0.3) is 0 Å². The van der Waals surface area contributed by atoms with Gasteiger partial charge >= 0.3 is 0 Å². The van der Waals surface area contributed by atoms with E-state index in [1.807, 2.05) is 46.8 Å². The first-order valence-electron chi connectivity index (χ1n) is 7.09. The molecule has 4 heteroatoms. The maximum atomic E-state index is 12.1. The highest BCUT2D eigenvalue weighted by molar-refractivity contribution is 5.96. The zero-order valence-electron chi connectivity index (χ0n) is 12.9. The average Bonchev–Trinajstić information content (AvgIpc) is 2.67. The molecule has 0 spiro atoms. The molecule has 1 aliphatic rings. The van der Waals surface area contributed by atoms with E-state index in [0.717, 1.165) is 17.7 Å². The zero-order valence-corrected chi connectivity index (χ0v) is 12.9. The molecule has 1 aromatic carbocycles. The Hall–Kier alpha value is -1.71. The minimum Gasteiger partial charge on any atom is -0.492 e. The summed E-state index contributed by atoms with van der Waals surface area (Å²) in [6.45, 7) is 10.2. The summed E-state index contributed by atoms with van der Waals surface area (Å²) >= 11 is 0. The van der Waals surface area contributed by atoms with Gasteiger partial charge in [-0.15, -0.1) is 0 Å². The van der Waals surface area contributed by atoms with E-state index in [9.17, 15) is 4.79 Å². The number of carbonyl (C=O) groups excluding carboxylic acids is 1. The number of carbonyl (C=O) groups is 1. The zero-order chi connectivity index (χ0) is 14.9. The first-order valence-corrected chi connectivity index (χ1v) is 7.09. The van der Waals surface area contributed by atoms with Crippen LogP contribution in [0.4, 0.5) is 5.69 Å². The molecule has 0 bridgehead atoms. The summed E-state index contributed by atoms with van der Waals surface area (Å²) in [6.07, 6.45) is 1.05. The Kier molecular flexibility index (Phi) is 3.93. The molecule has 0 fully saturated rings. The maximum Gasteiger partial charge on any atom is 0.229 e. The van der Waals surface area contributed by atoms with Crippen LogP contribution in [-0.2, 0) is 11.2 Å². The van der Waals surface area contributed by atoms with Gasteiger partial charge in [0.1, 0.15) is 17.6 Å². The summed E-state index contributed by atoms with van der Waals surface area (Å²) in [5.74, 6) is 1.51. The van der Waals surface area contributed by atoms with Crippen LogP contribution in [-0.4, -0.2) is 18.6 Å². The molecule has 1 aromatic rings. The third kappa shape index (κ3) is 3.06. The van der Waals surface area contributed by atoms with Crippen LogP contribution in [0.1, 0.15) is 40.2 Å². The summed E-state index contributed by atoms with van der Waals surface area (Å²) in [5.41, 5.74) is 1.37. The van der Waals surface area contributed by atoms with Gasteiger partial charge in [-0.2, -0.15) is 0 Å². The number of fused-ring (bicyclic) bond motifs is 1. The molecule has 1 atom stereocenters. The summed E-state index contributed by atoms with van der Waals surface area (Å²) < 4.78 is 11.4. The standard InChI is InChI=1S/C16H23NO3/c1-6-19-14-8-11-7-10(2)20-13(11)9-12(14)17-15(18)16(3,4)5/h8-10H,6-7H2,1-5H3,(H,17,18). The number of rotatable bonds is 3. The first kappa shape index (κ1) is 14.7. The average molecular weight is 277 g/mol. The van der Waals surface area contributed by atoms with Crippen molar-refractivity contribution in [2.24, 2.45) is 5.41 Å². The van der Waals surface area contributed by atoms with Crippen LogP contribution in [0, 0.1) is 5.41 Å². The van der Waals surface area contributed by atoms with Crippen molar-refractivity contribution in [3.63, 3.8) is 0 Å². The lowest BCUT2D eigenvalue weighted by Gasteiger charge is -2.20. The molecule has 20 heavy (non-hydrogen) atoms. The Labute approximate surface area is 120 Å². The molecule has 1 amide bonds. The third-order valence-corrected chi connectivity index (χ3v) is 3.23. The third-order valence-electron chi connectivity index (χ3n) is 3.23. The normalized spacial score (nSPS) is 17.4. The van der Waals surface area contributed by atoms with Crippen LogP contribution in [0.2, 0.25) is 0 Å². The van der Waals surface area contributed by atoms with Gasteiger partial charge in [-0.1, -0.05) is 20.8 Å². The smallest absolute Gasteiger partial charge is 0.229 e. The van der Waals surface area contributed by atoms with Gasteiger partial charge < -0.3 is 14.8 Å². The molecule has 0 saturated heterocycles. The number of anilines is 1.